The number of hydrogen-bond acceptors (Lipinski definition) is 8. The van der Waals surface area contributed by atoms with Gasteiger partial charge in [-0.2, -0.15) is 0 Å². The van der Waals surface area contributed by atoms with E-state index in [4.69, 9.17) is 0 Å². The standard InChI is InChI=1S/C21H20BrF3N4O.C21H21F3N4O.HI/c1-10(12-5-4-6-13(16(12)23)18(24)25)26-19-14-9-29(21(3)7-8-21)20(30)15(22)17(14)27-11(2)28-19;1-11(13-5-4-6-14(18(13)22)19(23)24)25-20-15-10-28(21(3)7-8-21)17(29)9-16(15)26-12(2)27-20;/h4-6,9-10,18H,7-8H2,1-3H3,(H,26,27,28);4-6,9-11,19H,7-8H2,1-3H3,(H,25,26,27);1H/p-1/t10-;11-;/m11./s1. The molecular weight excluding hydrogens is 969 g/mol. The normalized spacial score (nSPS) is 15.9. The number of anilines is 2. The minimum Gasteiger partial charge on any atom is -1.00 e. The summed E-state index contributed by atoms with van der Waals surface area (Å²) in [6.45, 7) is 10.7. The van der Waals surface area contributed by atoms with E-state index in [2.05, 4.69) is 46.5 Å². The number of benzene rings is 2. The molecule has 10 nitrogen and oxygen atoms in total. The van der Waals surface area contributed by atoms with Crippen LogP contribution in [0.25, 0.3) is 21.8 Å². The SMILES string of the molecule is Cc1nc(N[C@H](C)c2cccc(C(F)F)c2F)c2cn(C3(C)CC3)c(=O)c(Br)c2n1.Cc1nc(N[C@H](C)c2cccc(C(F)F)c2F)c2cn(C3(C)CC3)c(=O)cc2n1.[I-]. The molecule has 8 rings (SSSR count). The molecule has 0 amide bonds. The number of halogens is 8. The molecule has 2 N–H and O–H groups in total. The van der Waals surface area contributed by atoms with E-state index < -0.39 is 47.7 Å². The van der Waals surface area contributed by atoms with Crippen molar-refractivity contribution in [2.75, 3.05) is 10.6 Å². The van der Waals surface area contributed by atoms with Crippen LogP contribution in [0.3, 0.4) is 0 Å². The largest absolute Gasteiger partial charge is 1.00 e. The molecule has 0 aliphatic heterocycles. The minimum absolute atomic E-state index is 0. The van der Waals surface area contributed by atoms with E-state index in [0.717, 1.165) is 37.8 Å². The predicted molar refractivity (Wildman–Crippen MR) is 217 cm³/mol. The highest BCUT2D eigenvalue weighted by molar-refractivity contribution is 9.10. The summed E-state index contributed by atoms with van der Waals surface area (Å²) in [5.41, 5.74) is -0.868. The Morgan fingerprint density at radius 3 is 1.60 bits per heavy atom. The molecule has 60 heavy (non-hydrogen) atoms. The maximum Gasteiger partial charge on any atom is 0.267 e. The molecule has 2 aliphatic rings. The lowest BCUT2D eigenvalue weighted by Crippen LogP contribution is -3.00. The van der Waals surface area contributed by atoms with Crippen LogP contribution in [0, 0.1) is 25.5 Å². The summed E-state index contributed by atoms with van der Waals surface area (Å²) in [5.74, 6) is -0.158. The zero-order valence-corrected chi connectivity index (χ0v) is 37.1. The van der Waals surface area contributed by atoms with Gasteiger partial charge in [0, 0.05) is 40.7 Å². The fraction of sp³-hybridized carbons (Fsp3) is 0.381. The van der Waals surface area contributed by atoms with Gasteiger partial charge in [0.2, 0.25) is 0 Å². The van der Waals surface area contributed by atoms with Crippen molar-refractivity contribution < 1.29 is 50.3 Å². The van der Waals surface area contributed by atoms with Gasteiger partial charge in [-0.25, -0.2) is 46.3 Å². The lowest BCUT2D eigenvalue weighted by Gasteiger charge is -2.20. The highest BCUT2D eigenvalue weighted by atomic mass is 127. The van der Waals surface area contributed by atoms with Gasteiger partial charge in [0.15, 0.2) is 0 Å². The molecule has 2 atom stereocenters. The van der Waals surface area contributed by atoms with Crippen LogP contribution in [-0.4, -0.2) is 29.1 Å². The van der Waals surface area contributed by atoms with Crippen LogP contribution in [0.15, 0.2) is 68.9 Å². The van der Waals surface area contributed by atoms with Crippen molar-refractivity contribution in [3.05, 3.63) is 126 Å². The molecule has 0 saturated heterocycles. The Kier molecular flexibility index (Phi) is 12.8. The Morgan fingerprint density at radius 2 is 1.12 bits per heavy atom. The maximum atomic E-state index is 14.6. The second-order valence-corrected chi connectivity index (χ2v) is 16.5. The van der Waals surface area contributed by atoms with Gasteiger partial charge in [-0.15, -0.1) is 0 Å². The molecule has 0 radical (unpaired) electrons. The average Bonchev–Trinajstić information content (AvgIpc) is 4.10. The van der Waals surface area contributed by atoms with Gasteiger partial charge < -0.3 is 43.7 Å². The Balaban J connectivity index is 0.000000198. The lowest BCUT2D eigenvalue weighted by molar-refractivity contribution is -0.0000216. The molecule has 0 unspecified atom stereocenters. The molecule has 18 heteroatoms. The quantitative estimate of drug-likeness (QED) is 0.107. The Hall–Kier alpha value is -4.59. The molecule has 0 bridgehead atoms. The van der Waals surface area contributed by atoms with E-state index in [1.165, 1.54) is 30.3 Å². The highest BCUT2D eigenvalue weighted by Crippen LogP contribution is 2.44. The maximum absolute atomic E-state index is 14.6. The fourth-order valence-electron chi connectivity index (χ4n) is 7.08. The topological polar surface area (TPSA) is 120 Å². The van der Waals surface area contributed by atoms with Gasteiger partial charge in [-0.1, -0.05) is 36.4 Å². The lowest BCUT2D eigenvalue weighted by atomic mass is 10.0. The van der Waals surface area contributed by atoms with Gasteiger partial charge in [-0.3, -0.25) is 9.59 Å². The molecular formula is C42H41BrF6IN8O2-. The number of rotatable bonds is 10. The first kappa shape index (κ1) is 44.9. The average molecular weight is 1010 g/mol. The Bertz CT molecular complexity index is 2740. The van der Waals surface area contributed by atoms with Crippen LogP contribution >= 0.6 is 15.9 Å². The third-order valence-electron chi connectivity index (χ3n) is 11.1. The van der Waals surface area contributed by atoms with Crippen LogP contribution in [0.2, 0.25) is 0 Å². The second-order valence-electron chi connectivity index (χ2n) is 15.7. The van der Waals surface area contributed by atoms with Crippen molar-refractivity contribution in [2.24, 2.45) is 0 Å². The molecule has 2 saturated carbocycles. The monoisotopic (exact) mass is 1010 g/mol. The number of aromatic nitrogens is 6. The van der Waals surface area contributed by atoms with E-state index in [9.17, 15) is 35.9 Å². The number of fused-ring (bicyclic) bond motifs is 2. The van der Waals surface area contributed by atoms with Crippen LogP contribution in [0.4, 0.5) is 38.0 Å². The number of alkyl halides is 4. The van der Waals surface area contributed by atoms with Crippen LogP contribution in [0.5, 0.6) is 0 Å². The smallest absolute Gasteiger partial charge is 0.267 e. The van der Waals surface area contributed by atoms with Crippen LogP contribution in [0.1, 0.15) is 112 Å². The summed E-state index contributed by atoms with van der Waals surface area (Å²) in [4.78, 5) is 42.9. The first-order valence-corrected chi connectivity index (χ1v) is 19.8. The predicted octanol–water partition coefficient (Wildman–Crippen LogP) is 7.48. The number of nitrogens with one attached hydrogen (secondary N) is 2. The summed E-state index contributed by atoms with van der Waals surface area (Å²) in [5, 5.41) is 7.46. The van der Waals surface area contributed by atoms with E-state index in [1.54, 1.807) is 49.2 Å². The molecule has 6 aromatic rings. The van der Waals surface area contributed by atoms with E-state index >= 15 is 0 Å². The Labute approximate surface area is 366 Å². The number of nitrogens with zero attached hydrogens (tertiary/aromatic N) is 6. The molecule has 2 fully saturated rings. The third-order valence-corrected chi connectivity index (χ3v) is 11.8. The second kappa shape index (κ2) is 17.1. The van der Waals surface area contributed by atoms with Crippen molar-refractivity contribution in [2.45, 2.75) is 103 Å². The van der Waals surface area contributed by atoms with E-state index in [0.29, 0.717) is 49.6 Å². The van der Waals surface area contributed by atoms with Crippen molar-refractivity contribution in [1.29, 1.82) is 0 Å². The van der Waals surface area contributed by atoms with Gasteiger partial charge in [0.1, 0.15) is 39.4 Å². The molecule has 4 heterocycles. The highest BCUT2D eigenvalue weighted by Gasteiger charge is 2.41. The first-order chi connectivity index (χ1) is 27.8. The summed E-state index contributed by atoms with van der Waals surface area (Å²) in [6, 6.07) is 8.11. The molecule has 0 spiro atoms. The van der Waals surface area contributed by atoms with E-state index in [-0.39, 0.29) is 57.3 Å². The summed E-state index contributed by atoms with van der Waals surface area (Å²) in [6.07, 6.45) is 1.26. The van der Waals surface area contributed by atoms with Gasteiger partial charge in [0.25, 0.3) is 24.0 Å². The van der Waals surface area contributed by atoms with Gasteiger partial charge in [0.05, 0.1) is 45.0 Å². The van der Waals surface area contributed by atoms with Crippen LogP contribution in [-0.2, 0) is 11.1 Å². The summed E-state index contributed by atoms with van der Waals surface area (Å²) < 4.78 is 85.1. The summed E-state index contributed by atoms with van der Waals surface area (Å²) >= 11 is 3.37. The number of aryl methyl sites for hydroxylation is 2. The van der Waals surface area contributed by atoms with E-state index in [1.807, 2.05) is 13.8 Å². The molecule has 4 aromatic heterocycles. The fourth-order valence-corrected chi connectivity index (χ4v) is 7.57. The minimum atomic E-state index is -2.90. The molecule has 2 aromatic carbocycles. The van der Waals surface area contributed by atoms with Crippen molar-refractivity contribution in [3.63, 3.8) is 0 Å². The van der Waals surface area contributed by atoms with Crippen LogP contribution < -0.4 is 45.7 Å². The number of pyridine rings is 2. The zero-order chi connectivity index (χ0) is 42.7. The van der Waals surface area contributed by atoms with Crippen molar-refractivity contribution in [3.8, 4) is 0 Å². The van der Waals surface area contributed by atoms with Crippen molar-refractivity contribution >= 4 is 49.4 Å². The van der Waals surface area contributed by atoms with Gasteiger partial charge in [-0.05, 0) is 83.2 Å². The van der Waals surface area contributed by atoms with Crippen molar-refractivity contribution in [1.82, 2.24) is 29.1 Å². The van der Waals surface area contributed by atoms with Gasteiger partial charge >= 0.3 is 0 Å². The third kappa shape index (κ3) is 8.76. The Morgan fingerprint density at radius 1 is 0.683 bits per heavy atom. The first-order valence-electron chi connectivity index (χ1n) is 19.0. The molecule has 2 aliphatic carbocycles. The molecule has 318 valence electrons. The summed E-state index contributed by atoms with van der Waals surface area (Å²) in [7, 11) is 0. The zero-order valence-electron chi connectivity index (χ0n) is 33.4. The number of hydrogen-bond donors (Lipinski definition) is 2.